The normalized spacial score (nSPS) is 15.9. The Morgan fingerprint density at radius 3 is 2.75 bits per heavy atom. The Kier molecular flexibility index (Phi) is 3.90. The summed E-state index contributed by atoms with van der Waals surface area (Å²) in [5, 5.41) is 4.47. The summed E-state index contributed by atoms with van der Waals surface area (Å²) in [6.07, 6.45) is 2.73. The van der Waals surface area contributed by atoms with Gasteiger partial charge in [-0.3, -0.25) is 0 Å². The highest BCUT2D eigenvalue weighted by Crippen LogP contribution is 2.28. The van der Waals surface area contributed by atoms with E-state index in [-0.39, 0.29) is 0 Å². The van der Waals surface area contributed by atoms with Crippen LogP contribution in [-0.4, -0.2) is 30.7 Å². The van der Waals surface area contributed by atoms with E-state index < -0.39 is 0 Å². The molecule has 5 heteroatoms. The smallest absolute Gasteiger partial charge is 0.147 e. The molecule has 2 heterocycles. The van der Waals surface area contributed by atoms with E-state index in [2.05, 4.69) is 22.1 Å². The van der Waals surface area contributed by atoms with Gasteiger partial charge in [0.1, 0.15) is 5.82 Å². The maximum atomic E-state index is 6.18. The van der Waals surface area contributed by atoms with Gasteiger partial charge in [-0.1, -0.05) is 30.1 Å². The number of anilines is 1. The van der Waals surface area contributed by atoms with E-state index in [0.717, 1.165) is 31.9 Å². The molecule has 0 amide bonds. The highest BCUT2D eigenvalue weighted by Gasteiger charge is 2.26. The lowest BCUT2D eigenvalue weighted by molar-refractivity contribution is 0.410. The molecule has 2 rings (SSSR count). The van der Waals surface area contributed by atoms with Gasteiger partial charge < -0.3 is 10.2 Å². The summed E-state index contributed by atoms with van der Waals surface area (Å²) < 4.78 is 0. The zero-order valence-corrected chi connectivity index (χ0v) is 10.7. The molecule has 16 heavy (non-hydrogen) atoms. The number of hydrogen-bond donors (Lipinski definition) is 1. The molecule has 1 aliphatic heterocycles. The van der Waals surface area contributed by atoms with Crippen LogP contribution in [0.15, 0.2) is 12.3 Å². The van der Waals surface area contributed by atoms with Crippen LogP contribution in [0.25, 0.3) is 0 Å². The van der Waals surface area contributed by atoms with Crippen molar-refractivity contribution in [3.8, 4) is 0 Å². The number of rotatable bonds is 4. The Hall–Kier alpha value is -0.510. The van der Waals surface area contributed by atoms with Crippen LogP contribution in [0.5, 0.6) is 0 Å². The van der Waals surface area contributed by atoms with Gasteiger partial charge in [0.05, 0.1) is 16.1 Å². The summed E-state index contributed by atoms with van der Waals surface area (Å²) >= 11 is 12.0. The van der Waals surface area contributed by atoms with Crippen molar-refractivity contribution in [1.29, 1.82) is 0 Å². The summed E-state index contributed by atoms with van der Waals surface area (Å²) in [5.74, 6) is 0.847. The van der Waals surface area contributed by atoms with Crippen molar-refractivity contribution in [3.05, 3.63) is 22.3 Å². The average molecular weight is 260 g/mol. The maximum Gasteiger partial charge on any atom is 0.147 e. The third kappa shape index (κ3) is 2.42. The second-order valence-electron chi connectivity index (χ2n) is 3.96. The van der Waals surface area contributed by atoms with Crippen LogP contribution in [-0.2, 0) is 0 Å². The summed E-state index contributed by atoms with van der Waals surface area (Å²) in [6.45, 7) is 5.13. The first kappa shape index (κ1) is 12.0. The van der Waals surface area contributed by atoms with Crippen LogP contribution in [0, 0.1) is 0 Å². The van der Waals surface area contributed by atoms with E-state index in [4.69, 9.17) is 23.2 Å². The molecule has 0 bridgehead atoms. The molecule has 1 aromatic rings. The van der Waals surface area contributed by atoms with Crippen molar-refractivity contribution in [3.63, 3.8) is 0 Å². The minimum atomic E-state index is 0.506. The van der Waals surface area contributed by atoms with Gasteiger partial charge in [-0.15, -0.1) is 0 Å². The monoisotopic (exact) mass is 259 g/mol. The topological polar surface area (TPSA) is 28.2 Å². The van der Waals surface area contributed by atoms with Gasteiger partial charge >= 0.3 is 0 Å². The van der Waals surface area contributed by atoms with Gasteiger partial charge in [0.15, 0.2) is 0 Å². The lowest BCUT2D eigenvalue weighted by atomic mass is 10.1. The lowest BCUT2D eigenvalue weighted by Crippen LogP contribution is -2.57. The Balaban J connectivity index is 2.23. The number of nitrogens with one attached hydrogen (secondary N) is 1. The van der Waals surface area contributed by atoms with Crippen molar-refractivity contribution in [2.24, 2.45) is 0 Å². The fourth-order valence-electron chi connectivity index (χ4n) is 1.81. The van der Waals surface area contributed by atoms with E-state index in [1.807, 2.05) is 0 Å². The SMILES string of the molecule is CCCN(c1ncc(Cl)cc1Cl)C1CNC1. The Morgan fingerprint density at radius 2 is 2.25 bits per heavy atom. The van der Waals surface area contributed by atoms with Crippen LogP contribution in [0.3, 0.4) is 0 Å². The van der Waals surface area contributed by atoms with E-state index >= 15 is 0 Å². The molecule has 3 nitrogen and oxygen atoms in total. The first-order valence-electron chi connectivity index (χ1n) is 5.50. The molecule has 1 saturated heterocycles. The third-order valence-electron chi connectivity index (χ3n) is 2.73. The zero-order chi connectivity index (χ0) is 11.5. The molecule has 88 valence electrons. The van der Waals surface area contributed by atoms with Gasteiger partial charge in [0.2, 0.25) is 0 Å². The molecule has 1 N–H and O–H groups in total. The molecule has 0 spiro atoms. The maximum absolute atomic E-state index is 6.18. The predicted molar refractivity (Wildman–Crippen MR) is 68.6 cm³/mol. The predicted octanol–water partition coefficient (Wildman–Crippen LogP) is 2.58. The lowest BCUT2D eigenvalue weighted by Gasteiger charge is -2.39. The van der Waals surface area contributed by atoms with Crippen molar-refractivity contribution in [2.45, 2.75) is 19.4 Å². The highest BCUT2D eigenvalue weighted by atomic mass is 35.5. The molecule has 0 aliphatic carbocycles. The fraction of sp³-hybridized carbons (Fsp3) is 0.545. The van der Waals surface area contributed by atoms with Crippen LogP contribution in [0.2, 0.25) is 10.0 Å². The molecule has 1 aliphatic rings. The molecule has 0 radical (unpaired) electrons. The van der Waals surface area contributed by atoms with Crippen LogP contribution < -0.4 is 10.2 Å². The summed E-state index contributed by atoms with van der Waals surface area (Å²) in [6, 6.07) is 2.26. The Bertz CT molecular complexity index is 366. The van der Waals surface area contributed by atoms with E-state index in [1.54, 1.807) is 12.3 Å². The number of pyridine rings is 1. The number of aromatic nitrogens is 1. The second kappa shape index (κ2) is 5.21. The molecule has 1 fully saturated rings. The van der Waals surface area contributed by atoms with Crippen LogP contribution in [0.4, 0.5) is 5.82 Å². The van der Waals surface area contributed by atoms with Crippen molar-refractivity contribution in [2.75, 3.05) is 24.5 Å². The molecule has 0 aromatic carbocycles. The van der Waals surface area contributed by atoms with E-state index in [0.29, 0.717) is 16.1 Å². The molecule has 1 aromatic heterocycles. The Morgan fingerprint density at radius 1 is 1.50 bits per heavy atom. The van der Waals surface area contributed by atoms with Crippen molar-refractivity contribution < 1.29 is 0 Å². The molecule has 0 atom stereocenters. The molecule has 0 unspecified atom stereocenters. The minimum absolute atomic E-state index is 0.506. The van der Waals surface area contributed by atoms with Crippen molar-refractivity contribution >= 4 is 29.0 Å². The third-order valence-corrected chi connectivity index (χ3v) is 3.21. The first-order chi connectivity index (χ1) is 7.72. The minimum Gasteiger partial charge on any atom is -0.350 e. The average Bonchev–Trinajstić information content (AvgIpc) is 2.14. The van der Waals surface area contributed by atoms with Gasteiger partial charge in [-0.2, -0.15) is 0 Å². The fourth-order valence-corrected chi connectivity index (χ4v) is 2.30. The van der Waals surface area contributed by atoms with E-state index in [9.17, 15) is 0 Å². The summed E-state index contributed by atoms with van der Waals surface area (Å²) in [5.41, 5.74) is 0. The number of nitrogens with zero attached hydrogens (tertiary/aromatic N) is 2. The first-order valence-corrected chi connectivity index (χ1v) is 6.26. The van der Waals surface area contributed by atoms with Gasteiger partial charge in [0, 0.05) is 25.8 Å². The molecular formula is C11H15Cl2N3. The number of halogens is 2. The second-order valence-corrected chi connectivity index (χ2v) is 4.81. The Labute approximate surface area is 106 Å². The van der Waals surface area contributed by atoms with E-state index in [1.165, 1.54) is 0 Å². The standard InChI is InChI=1S/C11H15Cl2N3/c1-2-3-16(9-6-14-7-9)11-10(13)4-8(12)5-15-11/h4-5,9,14H,2-3,6-7H2,1H3. The van der Waals surface area contributed by atoms with Gasteiger partial charge in [-0.25, -0.2) is 4.98 Å². The van der Waals surface area contributed by atoms with Gasteiger partial charge in [-0.05, 0) is 12.5 Å². The number of hydrogen-bond acceptors (Lipinski definition) is 3. The molecule has 0 saturated carbocycles. The summed E-state index contributed by atoms with van der Waals surface area (Å²) in [4.78, 5) is 6.59. The molecular weight excluding hydrogens is 245 g/mol. The summed E-state index contributed by atoms with van der Waals surface area (Å²) in [7, 11) is 0. The van der Waals surface area contributed by atoms with Crippen LogP contribution in [0.1, 0.15) is 13.3 Å². The largest absolute Gasteiger partial charge is 0.350 e. The quantitative estimate of drug-likeness (QED) is 0.901. The van der Waals surface area contributed by atoms with Crippen LogP contribution >= 0.6 is 23.2 Å². The zero-order valence-electron chi connectivity index (χ0n) is 9.21. The van der Waals surface area contributed by atoms with Gasteiger partial charge in [0.25, 0.3) is 0 Å². The van der Waals surface area contributed by atoms with Crippen molar-refractivity contribution in [1.82, 2.24) is 10.3 Å². The highest BCUT2D eigenvalue weighted by molar-refractivity contribution is 6.36.